The second-order valence-corrected chi connectivity index (χ2v) is 5.83. The summed E-state index contributed by atoms with van der Waals surface area (Å²) in [4.78, 5) is 4.82. The molecule has 0 aromatic heterocycles. The van der Waals surface area contributed by atoms with Crippen LogP contribution >= 0.6 is 0 Å². The first-order chi connectivity index (χ1) is 8.52. The van der Waals surface area contributed by atoms with Crippen molar-refractivity contribution in [3.8, 4) is 6.07 Å². The number of likely N-dealkylation sites (tertiary alicyclic amines) is 1. The Kier molecular flexibility index (Phi) is 6.62. The van der Waals surface area contributed by atoms with Crippen molar-refractivity contribution in [1.29, 1.82) is 5.26 Å². The monoisotopic (exact) mass is 252 g/mol. The van der Waals surface area contributed by atoms with Gasteiger partial charge in [-0.05, 0) is 53.8 Å². The van der Waals surface area contributed by atoms with Crippen LogP contribution in [0.5, 0.6) is 0 Å². The van der Waals surface area contributed by atoms with Crippen LogP contribution < -0.4 is 5.32 Å². The number of nitrogens with zero attached hydrogens (tertiary/aromatic N) is 3. The predicted octanol–water partition coefficient (Wildman–Crippen LogP) is 1.29. The van der Waals surface area contributed by atoms with Gasteiger partial charge in [-0.3, -0.25) is 5.32 Å². The maximum absolute atomic E-state index is 9.10. The summed E-state index contributed by atoms with van der Waals surface area (Å²) in [5.74, 6) is 0. The summed E-state index contributed by atoms with van der Waals surface area (Å²) in [6.45, 7) is 7.55. The van der Waals surface area contributed by atoms with E-state index in [1.165, 1.54) is 19.4 Å². The molecule has 0 spiro atoms. The number of piperidine rings is 1. The fraction of sp³-hybridized carbons (Fsp3) is 0.929. The Morgan fingerprint density at radius 1 is 1.50 bits per heavy atom. The zero-order valence-electron chi connectivity index (χ0n) is 12.3. The Bertz CT molecular complexity index is 271. The Balaban J connectivity index is 2.30. The van der Waals surface area contributed by atoms with Crippen molar-refractivity contribution in [3.63, 3.8) is 0 Å². The van der Waals surface area contributed by atoms with E-state index >= 15 is 0 Å². The smallest absolute Gasteiger partial charge is 0.0967 e. The van der Waals surface area contributed by atoms with Crippen LogP contribution in [-0.2, 0) is 0 Å². The van der Waals surface area contributed by atoms with E-state index < -0.39 is 0 Å². The zero-order valence-corrected chi connectivity index (χ0v) is 12.3. The van der Waals surface area contributed by atoms with E-state index in [0.717, 1.165) is 19.5 Å². The molecule has 0 aliphatic carbocycles. The molecule has 0 amide bonds. The van der Waals surface area contributed by atoms with Gasteiger partial charge in [0, 0.05) is 25.2 Å². The first kappa shape index (κ1) is 15.4. The van der Waals surface area contributed by atoms with Gasteiger partial charge in [0.05, 0.1) is 12.1 Å². The molecule has 0 bridgehead atoms. The van der Waals surface area contributed by atoms with Gasteiger partial charge in [0.25, 0.3) is 0 Å². The fourth-order valence-corrected chi connectivity index (χ4v) is 2.60. The van der Waals surface area contributed by atoms with Crippen molar-refractivity contribution >= 4 is 0 Å². The maximum atomic E-state index is 9.10. The van der Waals surface area contributed by atoms with Gasteiger partial charge < -0.3 is 9.80 Å². The molecule has 1 aliphatic rings. The van der Waals surface area contributed by atoms with Gasteiger partial charge >= 0.3 is 0 Å². The van der Waals surface area contributed by atoms with Crippen molar-refractivity contribution in [2.24, 2.45) is 0 Å². The third kappa shape index (κ3) is 5.34. The average Bonchev–Trinajstić information content (AvgIpc) is 2.33. The Labute approximate surface area is 112 Å². The highest BCUT2D eigenvalue weighted by atomic mass is 15.2. The number of nitrogens with one attached hydrogen (secondary N) is 1. The van der Waals surface area contributed by atoms with Crippen LogP contribution in [0.15, 0.2) is 0 Å². The third-order valence-electron chi connectivity index (χ3n) is 3.68. The summed E-state index contributed by atoms with van der Waals surface area (Å²) in [6, 6.07) is 3.36. The van der Waals surface area contributed by atoms with E-state index in [4.69, 9.17) is 5.26 Å². The van der Waals surface area contributed by atoms with Crippen molar-refractivity contribution in [2.45, 2.75) is 51.2 Å². The van der Waals surface area contributed by atoms with Crippen molar-refractivity contribution in [1.82, 2.24) is 15.1 Å². The molecular weight excluding hydrogens is 224 g/mol. The molecular formula is C14H28N4. The molecule has 2 atom stereocenters. The molecule has 1 fully saturated rings. The van der Waals surface area contributed by atoms with Crippen LogP contribution in [-0.4, -0.2) is 61.7 Å². The summed E-state index contributed by atoms with van der Waals surface area (Å²) in [6.07, 6.45) is 3.48. The van der Waals surface area contributed by atoms with Gasteiger partial charge in [0.15, 0.2) is 0 Å². The molecule has 1 N–H and O–H groups in total. The van der Waals surface area contributed by atoms with Gasteiger partial charge in [-0.1, -0.05) is 0 Å². The molecule has 1 heterocycles. The lowest BCUT2D eigenvalue weighted by Gasteiger charge is -2.36. The van der Waals surface area contributed by atoms with E-state index in [-0.39, 0.29) is 6.04 Å². The number of hydrogen-bond acceptors (Lipinski definition) is 4. The highest BCUT2D eigenvalue weighted by molar-refractivity contribution is 4.91. The van der Waals surface area contributed by atoms with E-state index in [0.29, 0.717) is 12.1 Å². The standard InChI is InChI=1S/C14H28N4/c1-12(2)16-13(10-15)7-9-18(4)14-6-5-8-17(3)11-14/h12-14,16H,5-9,11H2,1-4H3. The van der Waals surface area contributed by atoms with Gasteiger partial charge in [0.2, 0.25) is 0 Å². The van der Waals surface area contributed by atoms with Gasteiger partial charge in [-0.15, -0.1) is 0 Å². The number of nitriles is 1. The van der Waals surface area contributed by atoms with Crippen LogP contribution in [0.3, 0.4) is 0 Å². The lowest BCUT2D eigenvalue weighted by molar-refractivity contribution is 0.132. The summed E-state index contributed by atoms with van der Waals surface area (Å²) in [5, 5.41) is 12.4. The van der Waals surface area contributed by atoms with Crippen LogP contribution in [0.1, 0.15) is 33.1 Å². The Morgan fingerprint density at radius 2 is 2.22 bits per heavy atom. The van der Waals surface area contributed by atoms with Crippen LogP contribution in [0.4, 0.5) is 0 Å². The van der Waals surface area contributed by atoms with E-state index in [9.17, 15) is 0 Å². The topological polar surface area (TPSA) is 42.3 Å². The second kappa shape index (κ2) is 7.73. The molecule has 1 saturated heterocycles. The first-order valence-corrected chi connectivity index (χ1v) is 7.07. The number of rotatable bonds is 6. The normalized spacial score (nSPS) is 23.3. The van der Waals surface area contributed by atoms with Crippen molar-refractivity contribution < 1.29 is 0 Å². The molecule has 2 unspecified atom stereocenters. The molecule has 0 radical (unpaired) electrons. The SMILES string of the molecule is CC(C)NC(C#N)CCN(C)C1CCCN(C)C1. The summed E-state index contributed by atoms with van der Waals surface area (Å²) in [5.41, 5.74) is 0. The molecule has 1 aliphatic heterocycles. The number of hydrogen-bond donors (Lipinski definition) is 1. The Morgan fingerprint density at radius 3 is 2.78 bits per heavy atom. The van der Waals surface area contributed by atoms with Gasteiger partial charge in [-0.25, -0.2) is 0 Å². The van der Waals surface area contributed by atoms with Crippen LogP contribution in [0.25, 0.3) is 0 Å². The quantitative estimate of drug-likeness (QED) is 0.773. The minimum atomic E-state index is -0.0197. The summed E-state index contributed by atoms with van der Waals surface area (Å²) in [7, 11) is 4.38. The Hall–Kier alpha value is -0.630. The average molecular weight is 252 g/mol. The highest BCUT2D eigenvalue weighted by Crippen LogP contribution is 2.13. The minimum Gasteiger partial charge on any atom is -0.305 e. The van der Waals surface area contributed by atoms with Crippen molar-refractivity contribution in [2.75, 3.05) is 33.7 Å². The molecule has 0 saturated carbocycles. The van der Waals surface area contributed by atoms with E-state index in [2.05, 4.69) is 49.1 Å². The van der Waals surface area contributed by atoms with Gasteiger partial charge in [0.1, 0.15) is 0 Å². The second-order valence-electron chi connectivity index (χ2n) is 5.83. The first-order valence-electron chi connectivity index (χ1n) is 7.07. The summed E-state index contributed by atoms with van der Waals surface area (Å²) < 4.78 is 0. The largest absolute Gasteiger partial charge is 0.305 e. The van der Waals surface area contributed by atoms with E-state index in [1.54, 1.807) is 0 Å². The predicted molar refractivity (Wildman–Crippen MR) is 75.4 cm³/mol. The molecule has 0 aromatic carbocycles. The van der Waals surface area contributed by atoms with Gasteiger partial charge in [-0.2, -0.15) is 5.26 Å². The molecule has 4 nitrogen and oxygen atoms in total. The molecule has 0 aromatic rings. The van der Waals surface area contributed by atoms with E-state index in [1.807, 2.05) is 0 Å². The van der Waals surface area contributed by atoms with Crippen LogP contribution in [0, 0.1) is 11.3 Å². The third-order valence-corrected chi connectivity index (χ3v) is 3.68. The highest BCUT2D eigenvalue weighted by Gasteiger charge is 2.21. The minimum absolute atomic E-state index is 0.0197. The fourth-order valence-electron chi connectivity index (χ4n) is 2.60. The molecule has 4 heteroatoms. The van der Waals surface area contributed by atoms with Crippen LogP contribution in [0.2, 0.25) is 0 Å². The molecule has 1 rings (SSSR count). The number of likely N-dealkylation sites (N-methyl/N-ethyl adjacent to an activating group) is 2. The van der Waals surface area contributed by atoms with Crippen molar-refractivity contribution in [3.05, 3.63) is 0 Å². The molecule has 104 valence electrons. The maximum Gasteiger partial charge on any atom is 0.0967 e. The lowest BCUT2D eigenvalue weighted by atomic mass is 10.0. The zero-order chi connectivity index (χ0) is 13.5. The molecule has 18 heavy (non-hydrogen) atoms. The lowest BCUT2D eigenvalue weighted by Crippen LogP contribution is -2.46. The summed E-state index contributed by atoms with van der Waals surface area (Å²) >= 11 is 0.